The van der Waals surface area contributed by atoms with Crippen molar-refractivity contribution in [2.75, 3.05) is 0 Å². The van der Waals surface area contributed by atoms with Gasteiger partial charge in [-0.1, -0.05) is 150 Å². The summed E-state index contributed by atoms with van der Waals surface area (Å²) in [7, 11) is 0. The first-order valence-electron chi connectivity index (χ1n) is 15.7. The fourth-order valence-electron chi connectivity index (χ4n) is 6.50. The maximum absolute atomic E-state index is 2.58. The Hall–Kier alpha value is -3.32. The molecule has 42 heavy (non-hydrogen) atoms. The van der Waals surface area contributed by atoms with Crippen LogP contribution in [-0.2, 0) is 28.1 Å². The van der Waals surface area contributed by atoms with Gasteiger partial charge in [0.05, 0.1) is 16.7 Å². The summed E-state index contributed by atoms with van der Waals surface area (Å²) in [6, 6.07) is 30.1. The van der Waals surface area contributed by atoms with Crippen molar-refractivity contribution in [1.82, 2.24) is 4.57 Å². The molecule has 0 aliphatic rings. The molecule has 0 aliphatic carbocycles. The molecular formula is C41H51N. The van der Waals surface area contributed by atoms with Gasteiger partial charge in [-0.3, -0.25) is 0 Å². The zero-order valence-corrected chi connectivity index (χ0v) is 28.2. The van der Waals surface area contributed by atoms with Crippen molar-refractivity contribution in [2.24, 2.45) is 0 Å². The molecule has 0 saturated carbocycles. The van der Waals surface area contributed by atoms with Gasteiger partial charge in [0.15, 0.2) is 0 Å². The maximum atomic E-state index is 2.58. The molecule has 0 unspecified atom stereocenters. The number of nitrogens with zero attached hydrogens (tertiary/aromatic N) is 1. The van der Waals surface area contributed by atoms with Crippen LogP contribution in [0.3, 0.4) is 0 Å². The second-order valence-electron chi connectivity index (χ2n) is 16.5. The molecule has 0 amide bonds. The number of fused-ring (bicyclic) bond motifs is 3. The van der Waals surface area contributed by atoms with Gasteiger partial charge in [-0.05, 0) is 73.6 Å². The van der Waals surface area contributed by atoms with Crippen LogP contribution in [0.4, 0.5) is 0 Å². The Labute approximate surface area is 255 Å². The van der Waals surface area contributed by atoms with Crippen LogP contribution in [-0.4, -0.2) is 4.57 Å². The molecule has 0 aliphatic heterocycles. The highest BCUT2D eigenvalue weighted by Gasteiger charge is 2.30. The third-order valence-electron chi connectivity index (χ3n) is 8.74. The monoisotopic (exact) mass is 557 g/mol. The van der Waals surface area contributed by atoms with Crippen molar-refractivity contribution in [3.05, 3.63) is 112 Å². The first kappa shape index (κ1) is 30.1. The molecule has 0 saturated heterocycles. The van der Waals surface area contributed by atoms with Gasteiger partial charge in [0.2, 0.25) is 0 Å². The van der Waals surface area contributed by atoms with Gasteiger partial charge in [-0.25, -0.2) is 0 Å². The summed E-state index contributed by atoms with van der Waals surface area (Å²) in [5.41, 5.74) is 12.5. The molecule has 0 atom stereocenters. The summed E-state index contributed by atoms with van der Waals surface area (Å²) in [6.07, 6.45) is 0.893. The zero-order chi connectivity index (χ0) is 30.8. The van der Waals surface area contributed by atoms with Gasteiger partial charge >= 0.3 is 0 Å². The summed E-state index contributed by atoms with van der Waals surface area (Å²) >= 11 is 0. The number of benzene rings is 4. The van der Waals surface area contributed by atoms with E-state index in [1.54, 1.807) is 0 Å². The Morgan fingerprint density at radius 3 is 1.67 bits per heavy atom. The fourth-order valence-corrected chi connectivity index (χ4v) is 6.50. The zero-order valence-electron chi connectivity index (χ0n) is 28.2. The Morgan fingerprint density at radius 2 is 1.10 bits per heavy atom. The summed E-state index contributed by atoms with van der Waals surface area (Å²) < 4.78 is 2.58. The normalized spacial score (nSPS) is 13.3. The quantitative estimate of drug-likeness (QED) is 0.208. The molecule has 1 aromatic heterocycles. The van der Waals surface area contributed by atoms with Gasteiger partial charge in [0.1, 0.15) is 0 Å². The molecule has 5 aromatic rings. The standard InChI is InChI=1S/C41H51N/c1-38(2,3)29-24-27(25-30(26-29)39(4,5)6)23-28-17-15-19-32-31-18-13-14-21-34(31)42(37(28)32)35-22-16-20-33(40(7,8)9)36(35)41(10,11)12/h13-22,24-26H,23H2,1-12H3. The second-order valence-corrected chi connectivity index (χ2v) is 16.5. The summed E-state index contributed by atoms with van der Waals surface area (Å²) in [4.78, 5) is 0. The van der Waals surface area contributed by atoms with E-state index < -0.39 is 0 Å². The molecular weight excluding hydrogens is 506 g/mol. The number of para-hydroxylation sites is 2. The molecule has 1 heteroatoms. The van der Waals surface area contributed by atoms with Gasteiger partial charge < -0.3 is 4.57 Å². The summed E-state index contributed by atoms with van der Waals surface area (Å²) in [5.74, 6) is 0. The molecule has 0 fully saturated rings. The minimum atomic E-state index is -0.0193. The Balaban J connectivity index is 1.85. The molecule has 0 bridgehead atoms. The van der Waals surface area contributed by atoms with Crippen LogP contribution in [0, 0.1) is 0 Å². The average Bonchev–Trinajstić information content (AvgIpc) is 3.21. The van der Waals surface area contributed by atoms with Crippen LogP contribution in [0.1, 0.15) is 116 Å². The van der Waals surface area contributed by atoms with E-state index in [-0.39, 0.29) is 21.7 Å². The van der Waals surface area contributed by atoms with E-state index in [0.717, 1.165) is 6.42 Å². The van der Waals surface area contributed by atoms with Gasteiger partial charge in [0, 0.05) is 10.8 Å². The lowest BCUT2D eigenvalue weighted by Crippen LogP contribution is -2.24. The van der Waals surface area contributed by atoms with Crippen LogP contribution in [0.15, 0.2) is 78.9 Å². The summed E-state index contributed by atoms with van der Waals surface area (Å²) in [5, 5.41) is 2.64. The van der Waals surface area contributed by atoms with Gasteiger partial charge in [0.25, 0.3) is 0 Å². The third-order valence-corrected chi connectivity index (χ3v) is 8.74. The Bertz CT molecular complexity index is 1730. The van der Waals surface area contributed by atoms with Crippen molar-refractivity contribution in [3.8, 4) is 5.69 Å². The smallest absolute Gasteiger partial charge is 0.0576 e. The third kappa shape index (κ3) is 5.56. The van der Waals surface area contributed by atoms with Crippen LogP contribution < -0.4 is 0 Å². The number of hydrogen-bond donors (Lipinski definition) is 0. The predicted molar refractivity (Wildman–Crippen MR) is 185 cm³/mol. The van der Waals surface area contributed by atoms with E-state index in [2.05, 4.69) is 167 Å². The van der Waals surface area contributed by atoms with E-state index >= 15 is 0 Å². The molecule has 1 heterocycles. The minimum absolute atomic E-state index is 0.0193. The maximum Gasteiger partial charge on any atom is 0.0576 e. The molecule has 0 N–H and O–H groups in total. The van der Waals surface area contributed by atoms with Crippen LogP contribution in [0.25, 0.3) is 27.5 Å². The van der Waals surface area contributed by atoms with Crippen molar-refractivity contribution < 1.29 is 0 Å². The molecule has 5 rings (SSSR count). The van der Waals surface area contributed by atoms with E-state index in [0.29, 0.717) is 0 Å². The molecule has 0 spiro atoms. The Morgan fingerprint density at radius 1 is 0.524 bits per heavy atom. The lowest BCUT2D eigenvalue weighted by molar-refractivity contribution is 0.528. The highest BCUT2D eigenvalue weighted by molar-refractivity contribution is 6.10. The van der Waals surface area contributed by atoms with Crippen molar-refractivity contribution in [1.29, 1.82) is 0 Å². The van der Waals surface area contributed by atoms with Crippen molar-refractivity contribution in [2.45, 2.75) is 111 Å². The largest absolute Gasteiger partial charge is 0.309 e. The average molecular weight is 558 g/mol. The SMILES string of the molecule is CC(C)(C)c1cc(Cc2cccc3c4ccccc4n(-c4cccc(C(C)(C)C)c4C(C)(C)C)c23)cc(C(C)(C)C)c1. The minimum Gasteiger partial charge on any atom is -0.309 e. The van der Waals surface area contributed by atoms with Crippen LogP contribution >= 0.6 is 0 Å². The van der Waals surface area contributed by atoms with E-state index in [9.17, 15) is 0 Å². The van der Waals surface area contributed by atoms with Crippen LogP contribution in [0.2, 0.25) is 0 Å². The van der Waals surface area contributed by atoms with Crippen LogP contribution in [0.5, 0.6) is 0 Å². The van der Waals surface area contributed by atoms with Gasteiger partial charge in [-0.2, -0.15) is 0 Å². The first-order chi connectivity index (χ1) is 19.4. The highest BCUT2D eigenvalue weighted by Crippen LogP contribution is 2.42. The highest BCUT2D eigenvalue weighted by atomic mass is 15.0. The first-order valence-corrected chi connectivity index (χ1v) is 15.7. The summed E-state index contributed by atoms with van der Waals surface area (Å²) in [6.45, 7) is 28.1. The fraction of sp³-hybridized carbons (Fsp3) is 0.415. The molecule has 1 nitrogen and oxygen atoms in total. The number of rotatable bonds is 3. The predicted octanol–water partition coefficient (Wildman–Crippen LogP) is 11.6. The molecule has 0 radical (unpaired) electrons. The topological polar surface area (TPSA) is 4.93 Å². The van der Waals surface area contributed by atoms with Gasteiger partial charge in [-0.15, -0.1) is 0 Å². The van der Waals surface area contributed by atoms with E-state index in [1.807, 2.05) is 0 Å². The number of aromatic nitrogens is 1. The number of hydrogen-bond acceptors (Lipinski definition) is 0. The Kier molecular flexibility index (Phi) is 7.28. The lowest BCUT2D eigenvalue weighted by Gasteiger charge is -2.33. The van der Waals surface area contributed by atoms with Crippen molar-refractivity contribution in [3.63, 3.8) is 0 Å². The second kappa shape index (κ2) is 10.1. The van der Waals surface area contributed by atoms with E-state index in [1.165, 1.54) is 60.9 Å². The van der Waals surface area contributed by atoms with Crippen molar-refractivity contribution >= 4 is 21.8 Å². The molecule has 220 valence electrons. The van der Waals surface area contributed by atoms with E-state index in [4.69, 9.17) is 0 Å². The lowest BCUT2D eigenvalue weighted by atomic mass is 9.74. The molecule has 4 aromatic carbocycles.